The first-order valence-corrected chi connectivity index (χ1v) is 14.1. The van der Waals surface area contributed by atoms with Crippen molar-refractivity contribution in [1.82, 2.24) is 14.5 Å². The number of benzene rings is 3. The number of hydrogen-bond donors (Lipinski definition) is 0. The Bertz CT molecular complexity index is 1540. The van der Waals surface area contributed by atoms with Crippen LogP contribution in [0.25, 0.3) is 11.1 Å². The molecule has 0 bridgehead atoms. The number of aromatic nitrogens is 2. The first kappa shape index (κ1) is 30.3. The summed E-state index contributed by atoms with van der Waals surface area (Å²) in [5.41, 5.74) is 1.78. The number of carbonyl (C=O) groups excluding carboxylic acids is 1. The summed E-state index contributed by atoms with van der Waals surface area (Å²) in [6.45, 7) is 2.66. The van der Waals surface area contributed by atoms with Crippen molar-refractivity contribution in [3.05, 3.63) is 117 Å². The van der Waals surface area contributed by atoms with E-state index in [1.165, 1.54) is 46.8 Å². The van der Waals surface area contributed by atoms with Gasteiger partial charge in [-0.1, -0.05) is 78.8 Å². The molecule has 0 aliphatic rings. The number of hydrogen-bond acceptors (Lipinski definition) is 4. The minimum atomic E-state index is -4.39. The van der Waals surface area contributed by atoms with Gasteiger partial charge in [-0.3, -0.25) is 9.59 Å². The summed E-state index contributed by atoms with van der Waals surface area (Å²) in [5, 5.41) is 0.208. The Morgan fingerprint density at radius 2 is 1.54 bits per heavy atom. The van der Waals surface area contributed by atoms with E-state index in [1.54, 1.807) is 17.0 Å². The molecule has 0 fully saturated rings. The highest BCUT2D eigenvalue weighted by Gasteiger charge is 2.30. The van der Waals surface area contributed by atoms with Crippen molar-refractivity contribution in [3.63, 3.8) is 0 Å². The van der Waals surface area contributed by atoms with Crippen LogP contribution in [0.15, 0.2) is 88.9 Å². The van der Waals surface area contributed by atoms with Crippen molar-refractivity contribution in [2.75, 3.05) is 6.54 Å². The van der Waals surface area contributed by atoms with Gasteiger partial charge in [-0.2, -0.15) is 18.2 Å². The molecule has 214 valence electrons. The third-order valence-corrected chi connectivity index (χ3v) is 7.54. The van der Waals surface area contributed by atoms with Gasteiger partial charge >= 0.3 is 6.18 Å². The molecule has 1 amide bonds. The van der Waals surface area contributed by atoms with Crippen LogP contribution in [0.5, 0.6) is 0 Å². The minimum Gasteiger partial charge on any atom is -0.337 e. The Labute approximate surface area is 243 Å². The number of halogens is 5. The van der Waals surface area contributed by atoms with Crippen LogP contribution >= 0.6 is 23.4 Å². The lowest BCUT2D eigenvalue weighted by Gasteiger charge is -2.24. The van der Waals surface area contributed by atoms with Crippen LogP contribution in [0, 0.1) is 5.82 Å². The molecular formula is C30H26ClF4N3O2S. The highest BCUT2D eigenvalue weighted by Crippen LogP contribution is 2.31. The lowest BCUT2D eigenvalue weighted by Crippen LogP contribution is -2.34. The van der Waals surface area contributed by atoms with Crippen molar-refractivity contribution in [2.45, 2.75) is 43.5 Å². The lowest BCUT2D eigenvalue weighted by molar-refractivity contribution is -0.137. The summed E-state index contributed by atoms with van der Waals surface area (Å²) in [6, 6.07) is 18.2. The van der Waals surface area contributed by atoms with Gasteiger partial charge in [0.2, 0.25) is 5.91 Å². The number of carbonyl (C=O) groups is 1. The van der Waals surface area contributed by atoms with E-state index in [2.05, 4.69) is 4.98 Å². The minimum absolute atomic E-state index is 0.0949. The van der Waals surface area contributed by atoms with Crippen LogP contribution in [0.2, 0.25) is 5.02 Å². The molecule has 1 heterocycles. The normalized spacial score (nSPS) is 11.5. The van der Waals surface area contributed by atoms with Crippen molar-refractivity contribution in [3.8, 4) is 11.1 Å². The second-order valence-electron chi connectivity index (χ2n) is 9.31. The first-order valence-electron chi connectivity index (χ1n) is 12.7. The van der Waals surface area contributed by atoms with E-state index >= 15 is 0 Å². The zero-order chi connectivity index (χ0) is 29.6. The van der Waals surface area contributed by atoms with Crippen LogP contribution in [0.4, 0.5) is 17.6 Å². The molecule has 0 N–H and O–H groups in total. The molecule has 4 rings (SSSR count). The summed E-state index contributed by atoms with van der Waals surface area (Å²) < 4.78 is 53.4. The second kappa shape index (κ2) is 13.4. The fourth-order valence-electron chi connectivity index (χ4n) is 4.09. The fourth-order valence-corrected chi connectivity index (χ4v) is 5.17. The molecular weight excluding hydrogens is 578 g/mol. The lowest BCUT2D eigenvalue weighted by atomic mass is 10.0. The first-order chi connectivity index (χ1) is 19.5. The third kappa shape index (κ3) is 8.20. The molecule has 3 aromatic carbocycles. The summed E-state index contributed by atoms with van der Waals surface area (Å²) in [4.78, 5) is 31.2. The van der Waals surface area contributed by atoms with Crippen LogP contribution in [0.3, 0.4) is 0 Å². The zero-order valence-corrected chi connectivity index (χ0v) is 23.6. The summed E-state index contributed by atoms with van der Waals surface area (Å²) in [7, 11) is 0. The molecule has 0 unspecified atom stereocenters. The molecule has 0 radical (unpaired) electrons. The number of thioether (sulfide) groups is 1. The van der Waals surface area contributed by atoms with Crippen molar-refractivity contribution >= 4 is 29.3 Å². The van der Waals surface area contributed by atoms with E-state index in [-0.39, 0.29) is 23.3 Å². The molecule has 0 saturated carbocycles. The Morgan fingerprint density at radius 1 is 0.951 bits per heavy atom. The zero-order valence-electron chi connectivity index (χ0n) is 22.0. The molecule has 0 spiro atoms. The van der Waals surface area contributed by atoms with Gasteiger partial charge in [0, 0.05) is 25.0 Å². The molecule has 11 heteroatoms. The molecule has 0 atom stereocenters. The Morgan fingerprint density at radius 3 is 2.12 bits per heavy atom. The van der Waals surface area contributed by atoms with E-state index < -0.39 is 17.3 Å². The standard InChI is InChI=1S/C30H26ClF4N3O2S/c1-2-15-37(16-20-3-7-22(8-4-20)23-9-11-24(12-10-23)30(33,34)35)27(39)18-38-17-26(31)28(40)36-29(38)41-19-21-5-13-25(32)14-6-21/h3-14,17H,2,15-16,18-19H2,1H3. The van der Waals surface area contributed by atoms with Crippen molar-refractivity contribution in [1.29, 1.82) is 0 Å². The van der Waals surface area contributed by atoms with Crippen LogP contribution < -0.4 is 5.56 Å². The molecule has 5 nitrogen and oxygen atoms in total. The van der Waals surface area contributed by atoms with E-state index in [4.69, 9.17) is 11.6 Å². The molecule has 0 aliphatic heterocycles. The average molecular weight is 604 g/mol. The Hall–Kier alpha value is -3.63. The predicted octanol–water partition coefficient (Wildman–Crippen LogP) is 7.45. The summed E-state index contributed by atoms with van der Waals surface area (Å²) >= 11 is 7.28. The van der Waals surface area contributed by atoms with Gasteiger partial charge in [-0.25, -0.2) is 4.39 Å². The second-order valence-corrected chi connectivity index (χ2v) is 10.7. The summed E-state index contributed by atoms with van der Waals surface area (Å²) in [5.74, 6) is -0.146. The van der Waals surface area contributed by atoms with Gasteiger partial charge in [0.25, 0.3) is 5.56 Å². The van der Waals surface area contributed by atoms with E-state index in [1.807, 2.05) is 31.2 Å². The summed E-state index contributed by atoms with van der Waals surface area (Å²) in [6.07, 6.45) is -2.29. The maximum atomic E-state index is 13.4. The largest absolute Gasteiger partial charge is 0.416 e. The monoisotopic (exact) mass is 603 g/mol. The number of amides is 1. The van der Waals surface area contributed by atoms with Gasteiger partial charge in [0.05, 0.1) is 5.56 Å². The van der Waals surface area contributed by atoms with Crippen LogP contribution in [-0.4, -0.2) is 26.9 Å². The maximum absolute atomic E-state index is 13.4. The van der Waals surface area contributed by atoms with Gasteiger partial charge in [0.1, 0.15) is 17.4 Å². The predicted molar refractivity (Wildman–Crippen MR) is 152 cm³/mol. The smallest absolute Gasteiger partial charge is 0.337 e. The molecule has 1 aromatic heterocycles. The highest BCUT2D eigenvalue weighted by atomic mass is 35.5. The Balaban J connectivity index is 1.47. The molecule has 4 aromatic rings. The quantitative estimate of drug-likeness (QED) is 0.107. The third-order valence-electron chi connectivity index (χ3n) is 6.22. The van der Waals surface area contributed by atoms with Crippen molar-refractivity contribution < 1.29 is 22.4 Å². The molecule has 0 aliphatic carbocycles. The maximum Gasteiger partial charge on any atom is 0.416 e. The number of nitrogens with zero attached hydrogens (tertiary/aromatic N) is 3. The average Bonchev–Trinajstić information content (AvgIpc) is 2.95. The molecule has 41 heavy (non-hydrogen) atoms. The fraction of sp³-hybridized carbons (Fsp3) is 0.233. The van der Waals surface area contributed by atoms with Crippen molar-refractivity contribution in [2.24, 2.45) is 0 Å². The van der Waals surface area contributed by atoms with Gasteiger partial charge in [-0.05, 0) is 52.9 Å². The van der Waals surface area contributed by atoms with Crippen LogP contribution in [-0.2, 0) is 29.8 Å². The topological polar surface area (TPSA) is 55.2 Å². The van der Waals surface area contributed by atoms with Gasteiger partial charge in [-0.15, -0.1) is 0 Å². The number of rotatable bonds is 10. The van der Waals surface area contributed by atoms with Crippen LogP contribution in [0.1, 0.15) is 30.0 Å². The van der Waals surface area contributed by atoms with E-state index in [0.717, 1.165) is 28.8 Å². The van der Waals surface area contributed by atoms with Gasteiger partial charge in [0.15, 0.2) is 5.16 Å². The van der Waals surface area contributed by atoms with E-state index in [0.29, 0.717) is 36.0 Å². The van der Waals surface area contributed by atoms with Gasteiger partial charge < -0.3 is 9.47 Å². The SMILES string of the molecule is CCCN(Cc1ccc(-c2ccc(C(F)(F)F)cc2)cc1)C(=O)Cn1cc(Cl)c(=O)nc1SCc1ccc(F)cc1. The molecule has 0 saturated heterocycles. The Kier molecular flexibility index (Phi) is 9.88. The van der Waals surface area contributed by atoms with E-state index in [9.17, 15) is 27.2 Å². The number of alkyl halides is 3. The highest BCUT2D eigenvalue weighted by molar-refractivity contribution is 7.98.